The van der Waals surface area contributed by atoms with Crippen LogP contribution in [0.5, 0.6) is 0 Å². The first-order valence-corrected chi connectivity index (χ1v) is 3.91. The van der Waals surface area contributed by atoms with E-state index < -0.39 is 6.67 Å². The summed E-state index contributed by atoms with van der Waals surface area (Å²) in [5.41, 5.74) is 0.524. The summed E-state index contributed by atoms with van der Waals surface area (Å²) < 4.78 is 12.9. The average molecular weight is 223 g/mol. The van der Waals surface area contributed by atoms with Gasteiger partial charge in [-0.25, -0.2) is 4.39 Å². The van der Waals surface area contributed by atoms with Gasteiger partial charge >= 0.3 is 0 Å². The first-order chi connectivity index (χ1) is 4.74. The molecule has 0 aliphatic carbocycles. The normalized spacial score (nSPS) is 9.90. The van der Waals surface area contributed by atoms with Crippen molar-refractivity contribution >= 4 is 27.5 Å². The van der Waals surface area contributed by atoms with Crippen molar-refractivity contribution in [3.8, 4) is 0 Å². The Balaban J connectivity index is 3.09. The summed E-state index contributed by atoms with van der Waals surface area (Å²) in [5.74, 6) is 0. The predicted molar refractivity (Wildman–Crippen MR) is 44.0 cm³/mol. The van der Waals surface area contributed by atoms with E-state index in [-0.39, 0.29) is 0 Å². The molecule has 0 N–H and O–H groups in total. The molecule has 0 atom stereocenters. The Hall–Kier alpha value is -0.0800. The van der Waals surface area contributed by atoms with Crippen LogP contribution in [-0.2, 0) is 6.67 Å². The van der Waals surface area contributed by atoms with Gasteiger partial charge in [-0.1, -0.05) is 27.5 Å². The number of halogens is 3. The number of alkyl halides is 1. The molecule has 1 rings (SSSR count). The number of hydrogen-bond donors (Lipinski definition) is 0. The van der Waals surface area contributed by atoms with E-state index in [1.54, 1.807) is 18.2 Å². The molecule has 10 heavy (non-hydrogen) atoms. The van der Waals surface area contributed by atoms with Gasteiger partial charge in [0.05, 0.1) is 0 Å². The highest BCUT2D eigenvalue weighted by molar-refractivity contribution is 9.10. The van der Waals surface area contributed by atoms with Crippen LogP contribution in [0.15, 0.2) is 22.7 Å². The maximum absolute atomic E-state index is 12.1. The zero-order valence-corrected chi connectivity index (χ0v) is 7.41. The minimum Gasteiger partial charge on any atom is -0.246 e. The van der Waals surface area contributed by atoms with Crippen LogP contribution in [-0.4, -0.2) is 0 Å². The van der Waals surface area contributed by atoms with Crippen molar-refractivity contribution in [2.75, 3.05) is 0 Å². The van der Waals surface area contributed by atoms with Crippen LogP contribution in [0, 0.1) is 0 Å². The smallest absolute Gasteiger partial charge is 0.116 e. The number of benzene rings is 1. The van der Waals surface area contributed by atoms with Gasteiger partial charge in [0.25, 0.3) is 0 Å². The van der Waals surface area contributed by atoms with Crippen molar-refractivity contribution in [3.05, 3.63) is 33.3 Å². The fourth-order valence-corrected chi connectivity index (χ4v) is 1.22. The lowest BCUT2D eigenvalue weighted by atomic mass is 10.2. The lowest BCUT2D eigenvalue weighted by Gasteiger charge is -1.97. The molecule has 0 unspecified atom stereocenters. The van der Waals surface area contributed by atoms with E-state index in [0.717, 1.165) is 4.47 Å². The molecular formula is C7H5BrClF. The summed E-state index contributed by atoms with van der Waals surface area (Å²) in [7, 11) is 0. The summed E-state index contributed by atoms with van der Waals surface area (Å²) >= 11 is 8.85. The molecule has 3 heteroatoms. The molecule has 0 aliphatic rings. The van der Waals surface area contributed by atoms with Crippen LogP contribution in [0.4, 0.5) is 4.39 Å². The zero-order chi connectivity index (χ0) is 7.56. The third-order valence-corrected chi connectivity index (χ3v) is 2.01. The Labute approximate surface area is 72.1 Å². The second-order valence-corrected chi connectivity index (χ2v) is 3.19. The molecule has 0 heterocycles. The third-order valence-electron chi connectivity index (χ3n) is 1.15. The van der Waals surface area contributed by atoms with Crippen LogP contribution in [0.25, 0.3) is 0 Å². The Morgan fingerprint density at radius 3 is 2.70 bits per heavy atom. The molecule has 0 aromatic heterocycles. The summed E-state index contributed by atoms with van der Waals surface area (Å²) in [4.78, 5) is 0. The lowest BCUT2D eigenvalue weighted by Crippen LogP contribution is -1.79. The van der Waals surface area contributed by atoms with Gasteiger partial charge < -0.3 is 0 Å². The first-order valence-electron chi connectivity index (χ1n) is 2.74. The minimum absolute atomic E-state index is 0.478. The van der Waals surface area contributed by atoms with Crippen molar-refractivity contribution in [1.82, 2.24) is 0 Å². The maximum Gasteiger partial charge on any atom is 0.116 e. The average Bonchev–Trinajstić information content (AvgIpc) is 1.94. The van der Waals surface area contributed by atoms with Crippen molar-refractivity contribution in [1.29, 1.82) is 0 Å². The lowest BCUT2D eigenvalue weighted by molar-refractivity contribution is 0.485. The van der Waals surface area contributed by atoms with Crippen LogP contribution < -0.4 is 0 Å². The van der Waals surface area contributed by atoms with E-state index in [1.165, 1.54) is 0 Å². The molecular weight excluding hydrogens is 218 g/mol. The quantitative estimate of drug-likeness (QED) is 0.683. The summed E-state index contributed by atoms with van der Waals surface area (Å²) in [6.07, 6.45) is 0. The molecule has 1 aromatic rings. The van der Waals surface area contributed by atoms with Crippen molar-refractivity contribution in [2.24, 2.45) is 0 Å². The van der Waals surface area contributed by atoms with Gasteiger partial charge in [0.1, 0.15) is 6.67 Å². The molecule has 1 aromatic carbocycles. The highest BCUT2D eigenvalue weighted by atomic mass is 79.9. The molecule has 0 saturated heterocycles. The standard InChI is InChI=1S/C7H5BrClF/c8-6-1-2-7(9)5(3-6)4-10/h1-3H,4H2. The van der Waals surface area contributed by atoms with Crippen molar-refractivity contribution < 1.29 is 4.39 Å². The summed E-state index contributed by atoms with van der Waals surface area (Å²) in [6, 6.07) is 5.12. The van der Waals surface area contributed by atoms with Gasteiger partial charge in [0.2, 0.25) is 0 Å². The van der Waals surface area contributed by atoms with Crippen LogP contribution >= 0.6 is 27.5 Å². The van der Waals surface area contributed by atoms with E-state index in [9.17, 15) is 4.39 Å². The predicted octanol–water partition coefficient (Wildman–Crippen LogP) is 3.57. The molecule has 0 nitrogen and oxygen atoms in total. The van der Waals surface area contributed by atoms with E-state index in [2.05, 4.69) is 15.9 Å². The van der Waals surface area contributed by atoms with E-state index in [4.69, 9.17) is 11.6 Å². The molecule has 0 fully saturated rings. The van der Waals surface area contributed by atoms with Crippen molar-refractivity contribution in [2.45, 2.75) is 6.67 Å². The Bertz CT molecular complexity index is 237. The Kier molecular flexibility index (Phi) is 2.69. The third kappa shape index (κ3) is 1.70. The van der Waals surface area contributed by atoms with Crippen LogP contribution in [0.2, 0.25) is 5.02 Å². The molecule has 0 spiro atoms. The fraction of sp³-hybridized carbons (Fsp3) is 0.143. The Morgan fingerprint density at radius 1 is 1.50 bits per heavy atom. The zero-order valence-electron chi connectivity index (χ0n) is 5.07. The van der Waals surface area contributed by atoms with Gasteiger partial charge in [-0.3, -0.25) is 0 Å². The van der Waals surface area contributed by atoms with Gasteiger partial charge in [0.15, 0.2) is 0 Å². The highest BCUT2D eigenvalue weighted by Crippen LogP contribution is 2.21. The molecule has 0 bridgehead atoms. The number of hydrogen-bond acceptors (Lipinski definition) is 0. The summed E-state index contributed by atoms with van der Waals surface area (Å²) in [6.45, 7) is -0.516. The molecule has 0 radical (unpaired) electrons. The van der Waals surface area contributed by atoms with Crippen molar-refractivity contribution in [3.63, 3.8) is 0 Å². The van der Waals surface area contributed by atoms with Crippen LogP contribution in [0.1, 0.15) is 5.56 Å². The second kappa shape index (κ2) is 3.35. The molecule has 0 saturated carbocycles. The van der Waals surface area contributed by atoms with Gasteiger partial charge in [-0.15, -0.1) is 0 Å². The monoisotopic (exact) mass is 222 g/mol. The topological polar surface area (TPSA) is 0 Å². The van der Waals surface area contributed by atoms with E-state index >= 15 is 0 Å². The largest absolute Gasteiger partial charge is 0.246 e. The minimum atomic E-state index is -0.516. The van der Waals surface area contributed by atoms with Gasteiger partial charge in [-0.05, 0) is 18.2 Å². The Morgan fingerprint density at radius 2 is 2.20 bits per heavy atom. The first kappa shape index (κ1) is 8.02. The van der Waals surface area contributed by atoms with E-state index in [0.29, 0.717) is 10.6 Å². The molecule has 0 amide bonds. The summed E-state index contributed by atoms with van der Waals surface area (Å²) in [5, 5.41) is 0.478. The SMILES string of the molecule is FCc1cc(Br)ccc1Cl. The molecule has 0 aliphatic heterocycles. The highest BCUT2D eigenvalue weighted by Gasteiger charge is 1.98. The van der Waals surface area contributed by atoms with Crippen LogP contribution in [0.3, 0.4) is 0 Å². The number of rotatable bonds is 1. The van der Waals surface area contributed by atoms with E-state index in [1.807, 2.05) is 0 Å². The van der Waals surface area contributed by atoms with Gasteiger partial charge in [0, 0.05) is 15.1 Å². The second-order valence-electron chi connectivity index (χ2n) is 1.87. The fourth-order valence-electron chi connectivity index (χ4n) is 0.646. The molecule has 54 valence electrons. The maximum atomic E-state index is 12.1. The van der Waals surface area contributed by atoms with Gasteiger partial charge in [-0.2, -0.15) is 0 Å².